The van der Waals surface area contributed by atoms with Gasteiger partial charge in [-0.25, -0.2) is 4.79 Å². The molecule has 2 heterocycles. The first-order valence-electron chi connectivity index (χ1n) is 16.2. The van der Waals surface area contributed by atoms with E-state index in [0.717, 1.165) is 48.6 Å². The van der Waals surface area contributed by atoms with Gasteiger partial charge in [-0.1, -0.05) is 37.5 Å². The average Bonchev–Trinajstić information content (AvgIpc) is 3.31. The van der Waals surface area contributed by atoms with Crippen LogP contribution < -0.4 is 5.32 Å². The zero-order chi connectivity index (χ0) is 32.9. The maximum absolute atomic E-state index is 14.0. The lowest BCUT2D eigenvalue weighted by Gasteiger charge is -2.39. The van der Waals surface area contributed by atoms with Crippen molar-refractivity contribution in [3.63, 3.8) is 0 Å². The van der Waals surface area contributed by atoms with Crippen LogP contribution in [0, 0.1) is 12.8 Å². The molecule has 2 aliphatic rings. The number of aromatic nitrogens is 1. The molecular weight excluding hydrogens is 574 g/mol. The number of carbonyl (C=O) groups is 4. The molecule has 0 bridgehead atoms. The van der Waals surface area contributed by atoms with Gasteiger partial charge in [0.1, 0.15) is 23.4 Å². The van der Waals surface area contributed by atoms with Gasteiger partial charge in [0.25, 0.3) is 5.91 Å². The SMILES string of the molecule is COCCn1c(C(=O)N2CCN(C(=O)C(NC(=O)C(C)N(C)C(=O)OC(C)(C)C)C3CCCCC3)CC2)c(C)c2ccccc21. The minimum atomic E-state index is -0.818. The van der Waals surface area contributed by atoms with E-state index in [-0.39, 0.29) is 23.6 Å². The van der Waals surface area contributed by atoms with E-state index in [0.29, 0.717) is 45.0 Å². The molecule has 248 valence electrons. The van der Waals surface area contributed by atoms with Crippen molar-refractivity contribution >= 4 is 34.7 Å². The topological polar surface area (TPSA) is 113 Å². The Bertz CT molecular complexity index is 1370. The summed E-state index contributed by atoms with van der Waals surface area (Å²) in [7, 11) is 3.18. The van der Waals surface area contributed by atoms with Crippen molar-refractivity contribution in [3.8, 4) is 0 Å². The fraction of sp³-hybridized carbons (Fsp3) is 0.647. The molecule has 1 aromatic carbocycles. The summed E-state index contributed by atoms with van der Waals surface area (Å²) in [6.07, 6.45) is 4.26. The number of amides is 4. The second-order valence-electron chi connectivity index (χ2n) is 13.4. The van der Waals surface area contributed by atoms with E-state index < -0.39 is 23.8 Å². The standard InChI is InChI=1S/C34H51N5O6/c1-23-26-15-11-12-16-27(26)39(21-22-44-7)29(23)32(42)38-19-17-37(18-20-38)31(41)28(25-13-9-8-10-14-25)35-30(40)24(2)36(6)33(43)45-34(3,4)5/h11-12,15-16,24-25,28H,8-10,13-14,17-22H2,1-7H3,(H,35,40). The molecule has 4 rings (SSSR count). The highest BCUT2D eigenvalue weighted by Gasteiger charge is 2.38. The molecule has 1 aliphatic heterocycles. The van der Waals surface area contributed by atoms with Crippen molar-refractivity contribution in [3.05, 3.63) is 35.5 Å². The zero-order valence-electron chi connectivity index (χ0n) is 28.1. The molecule has 2 fully saturated rings. The van der Waals surface area contributed by atoms with E-state index in [4.69, 9.17) is 9.47 Å². The number of piperazine rings is 1. The number of nitrogens with zero attached hydrogens (tertiary/aromatic N) is 4. The number of fused-ring (bicyclic) bond motifs is 1. The number of hydrogen-bond acceptors (Lipinski definition) is 6. The van der Waals surface area contributed by atoms with E-state index in [2.05, 4.69) is 5.32 Å². The fourth-order valence-corrected chi connectivity index (χ4v) is 6.43. The molecule has 4 amide bonds. The highest BCUT2D eigenvalue weighted by molar-refractivity contribution is 6.02. The first-order chi connectivity index (χ1) is 21.3. The molecule has 1 aliphatic carbocycles. The van der Waals surface area contributed by atoms with Crippen LogP contribution in [0.3, 0.4) is 0 Å². The van der Waals surface area contributed by atoms with Crippen LogP contribution in [0.1, 0.15) is 75.9 Å². The lowest BCUT2D eigenvalue weighted by atomic mass is 9.83. The minimum absolute atomic E-state index is 0.0213. The van der Waals surface area contributed by atoms with Gasteiger partial charge in [0.15, 0.2) is 0 Å². The molecular formula is C34H51N5O6. The maximum Gasteiger partial charge on any atom is 0.410 e. The number of methoxy groups -OCH3 is 1. The van der Waals surface area contributed by atoms with Crippen LogP contribution in [0.4, 0.5) is 4.79 Å². The number of carbonyl (C=O) groups excluding carboxylic acids is 4. The summed E-state index contributed by atoms with van der Waals surface area (Å²) in [6, 6.07) is 6.51. The number of rotatable bonds is 9. The normalized spacial score (nSPS) is 17.6. The molecule has 2 unspecified atom stereocenters. The van der Waals surface area contributed by atoms with Crippen molar-refractivity contribution in [2.24, 2.45) is 5.92 Å². The number of nitrogens with one attached hydrogen (secondary N) is 1. The summed E-state index contributed by atoms with van der Waals surface area (Å²) in [6.45, 7) is 11.6. The molecule has 11 heteroatoms. The Kier molecular flexibility index (Phi) is 11.2. The summed E-state index contributed by atoms with van der Waals surface area (Å²) >= 11 is 0. The Labute approximate surface area is 267 Å². The van der Waals surface area contributed by atoms with Crippen LogP contribution in [0.2, 0.25) is 0 Å². The zero-order valence-corrected chi connectivity index (χ0v) is 28.1. The van der Waals surface area contributed by atoms with E-state index in [1.54, 1.807) is 39.7 Å². The van der Waals surface area contributed by atoms with Crippen molar-refractivity contribution < 1.29 is 28.7 Å². The molecule has 1 saturated heterocycles. The van der Waals surface area contributed by atoms with Gasteiger partial charge in [-0.05, 0) is 65.0 Å². The number of para-hydroxylation sites is 1. The van der Waals surface area contributed by atoms with Crippen LogP contribution in [-0.4, -0.2) is 108 Å². The molecule has 2 aromatic rings. The molecule has 0 radical (unpaired) electrons. The van der Waals surface area contributed by atoms with Gasteiger partial charge in [-0.3, -0.25) is 19.3 Å². The third kappa shape index (κ3) is 7.98. The second-order valence-corrected chi connectivity index (χ2v) is 13.4. The van der Waals surface area contributed by atoms with Gasteiger partial charge >= 0.3 is 6.09 Å². The smallest absolute Gasteiger partial charge is 0.410 e. The van der Waals surface area contributed by atoms with Gasteiger partial charge < -0.3 is 29.2 Å². The predicted octanol–water partition coefficient (Wildman–Crippen LogP) is 4.20. The predicted molar refractivity (Wildman–Crippen MR) is 173 cm³/mol. The number of ether oxygens (including phenoxy) is 2. The Morgan fingerprint density at radius 3 is 2.24 bits per heavy atom. The first-order valence-corrected chi connectivity index (χ1v) is 16.2. The van der Waals surface area contributed by atoms with E-state index in [9.17, 15) is 19.2 Å². The minimum Gasteiger partial charge on any atom is -0.444 e. The summed E-state index contributed by atoms with van der Waals surface area (Å²) in [5, 5.41) is 4.06. The van der Waals surface area contributed by atoms with E-state index in [1.807, 2.05) is 40.7 Å². The maximum atomic E-state index is 14.0. The summed E-state index contributed by atoms with van der Waals surface area (Å²) < 4.78 is 12.8. The molecule has 0 spiro atoms. The number of likely N-dealkylation sites (N-methyl/N-ethyl adjacent to an activating group) is 1. The molecule has 45 heavy (non-hydrogen) atoms. The van der Waals surface area contributed by atoms with Crippen molar-refractivity contribution in [1.29, 1.82) is 0 Å². The molecule has 2 atom stereocenters. The second kappa shape index (κ2) is 14.7. The van der Waals surface area contributed by atoms with Gasteiger partial charge in [-0.15, -0.1) is 0 Å². The fourth-order valence-electron chi connectivity index (χ4n) is 6.43. The van der Waals surface area contributed by atoms with Crippen LogP contribution >= 0.6 is 0 Å². The summed E-state index contributed by atoms with van der Waals surface area (Å²) in [5.74, 6) is -0.545. The third-order valence-electron chi connectivity index (χ3n) is 9.15. The molecule has 1 N–H and O–H groups in total. The van der Waals surface area contributed by atoms with Crippen molar-refractivity contribution in [1.82, 2.24) is 24.6 Å². The first kappa shape index (κ1) is 34.3. The lowest BCUT2D eigenvalue weighted by Crippen LogP contribution is -2.60. The van der Waals surface area contributed by atoms with Crippen LogP contribution in [0.5, 0.6) is 0 Å². The average molecular weight is 626 g/mol. The molecule has 11 nitrogen and oxygen atoms in total. The van der Waals surface area contributed by atoms with E-state index in [1.165, 1.54) is 11.9 Å². The third-order valence-corrected chi connectivity index (χ3v) is 9.15. The Hall–Kier alpha value is -3.60. The Morgan fingerprint density at radius 2 is 1.62 bits per heavy atom. The van der Waals surface area contributed by atoms with Gasteiger partial charge in [-0.2, -0.15) is 0 Å². The largest absolute Gasteiger partial charge is 0.444 e. The number of benzene rings is 1. The monoisotopic (exact) mass is 625 g/mol. The lowest BCUT2D eigenvalue weighted by molar-refractivity contribution is -0.140. The van der Waals surface area contributed by atoms with Gasteiger partial charge in [0.05, 0.1) is 6.61 Å². The number of aryl methyl sites for hydroxylation is 1. The van der Waals surface area contributed by atoms with Crippen molar-refractivity contribution in [2.75, 3.05) is 46.9 Å². The summed E-state index contributed by atoms with van der Waals surface area (Å²) in [5.41, 5.74) is 1.91. The van der Waals surface area contributed by atoms with E-state index >= 15 is 0 Å². The molecule has 1 saturated carbocycles. The van der Waals surface area contributed by atoms with Crippen molar-refractivity contribution in [2.45, 2.75) is 91.0 Å². The van der Waals surface area contributed by atoms with Crippen LogP contribution in [-0.2, 0) is 25.6 Å². The van der Waals surface area contributed by atoms with Gasteiger partial charge in [0.2, 0.25) is 11.8 Å². The highest BCUT2D eigenvalue weighted by Crippen LogP contribution is 2.29. The summed E-state index contributed by atoms with van der Waals surface area (Å²) in [4.78, 5) is 58.8. The quantitative estimate of drug-likeness (QED) is 0.447. The Balaban J connectivity index is 1.46. The molecule has 1 aromatic heterocycles. The number of hydrogen-bond donors (Lipinski definition) is 1. The van der Waals surface area contributed by atoms with Crippen LogP contribution in [0.15, 0.2) is 24.3 Å². The Morgan fingerprint density at radius 1 is 1.00 bits per heavy atom. The van der Waals surface area contributed by atoms with Crippen LogP contribution in [0.25, 0.3) is 10.9 Å². The van der Waals surface area contributed by atoms with Gasteiger partial charge in [0, 0.05) is 57.8 Å². The highest BCUT2D eigenvalue weighted by atomic mass is 16.6.